The fourth-order valence-electron chi connectivity index (χ4n) is 6.71. The Bertz CT molecular complexity index is 716. The van der Waals surface area contributed by atoms with E-state index in [0.717, 1.165) is 18.4 Å². The molecule has 0 aromatic heterocycles. The van der Waals surface area contributed by atoms with Crippen LogP contribution in [0.2, 0.25) is 0 Å². The summed E-state index contributed by atoms with van der Waals surface area (Å²) in [5, 5.41) is 11.1. The maximum atomic E-state index is 16.7. The highest BCUT2D eigenvalue weighted by molar-refractivity contribution is 7.85. The van der Waals surface area contributed by atoms with Gasteiger partial charge in [0.1, 0.15) is 0 Å². The van der Waals surface area contributed by atoms with Gasteiger partial charge < -0.3 is 5.11 Å². The van der Waals surface area contributed by atoms with Crippen molar-refractivity contribution in [2.45, 2.75) is 63.0 Å². The molecule has 4 aliphatic rings. The topological polar surface area (TPSA) is 54.4 Å². The van der Waals surface area contributed by atoms with Crippen LogP contribution in [0.4, 0.5) is 4.39 Å². The third kappa shape index (κ3) is 2.05. The fourth-order valence-corrected chi connectivity index (χ4v) is 8.20. The van der Waals surface area contributed by atoms with Crippen LogP contribution in [-0.4, -0.2) is 38.4 Å². The van der Waals surface area contributed by atoms with E-state index in [9.17, 15) is 14.1 Å². The molecule has 5 heteroatoms. The van der Waals surface area contributed by atoms with Gasteiger partial charge in [-0.3, -0.25) is 9.00 Å². The van der Waals surface area contributed by atoms with Gasteiger partial charge in [0.25, 0.3) is 0 Å². The van der Waals surface area contributed by atoms with E-state index in [1.165, 1.54) is 6.08 Å². The van der Waals surface area contributed by atoms with Crippen LogP contribution in [0.5, 0.6) is 0 Å². The van der Waals surface area contributed by atoms with Crippen molar-refractivity contribution < 1.29 is 18.5 Å². The van der Waals surface area contributed by atoms with Gasteiger partial charge in [-0.15, -0.1) is 0 Å². The predicted molar refractivity (Wildman–Crippen MR) is 96.2 cm³/mol. The lowest BCUT2D eigenvalue weighted by molar-refractivity contribution is -0.188. The maximum Gasteiger partial charge on any atom is 0.178 e. The van der Waals surface area contributed by atoms with E-state index in [4.69, 9.17) is 0 Å². The second-order valence-corrected chi connectivity index (χ2v) is 10.5. The Morgan fingerprint density at radius 2 is 1.96 bits per heavy atom. The molecule has 0 aliphatic heterocycles. The first-order valence-electron chi connectivity index (χ1n) is 9.28. The molecule has 0 radical (unpaired) electrons. The summed E-state index contributed by atoms with van der Waals surface area (Å²) in [6, 6.07) is 0. The molecule has 4 rings (SSSR count). The number of ketones is 1. The van der Waals surface area contributed by atoms with Crippen molar-refractivity contribution in [2.24, 2.45) is 22.7 Å². The summed E-state index contributed by atoms with van der Waals surface area (Å²) in [7, 11) is -0.966. The molecule has 0 spiro atoms. The molecule has 25 heavy (non-hydrogen) atoms. The van der Waals surface area contributed by atoms with Crippen LogP contribution in [0, 0.1) is 22.7 Å². The molecular formula is C20H27FO3S. The predicted octanol–water partition coefficient (Wildman–Crippen LogP) is 3.10. The van der Waals surface area contributed by atoms with Crippen LogP contribution in [0.15, 0.2) is 23.8 Å². The third-order valence-corrected chi connectivity index (χ3v) is 9.53. The van der Waals surface area contributed by atoms with Crippen LogP contribution in [0.3, 0.4) is 0 Å². The van der Waals surface area contributed by atoms with Gasteiger partial charge in [0.05, 0.1) is 6.10 Å². The summed E-state index contributed by atoms with van der Waals surface area (Å²) in [6.07, 6.45) is 8.76. The number of hydrogen-bond donors (Lipinski definition) is 1. The normalized spacial score (nSPS) is 52.8. The zero-order valence-electron chi connectivity index (χ0n) is 15.1. The fraction of sp³-hybridized carbons (Fsp3) is 0.750. The number of rotatable bonds is 1. The van der Waals surface area contributed by atoms with Gasteiger partial charge in [-0.05, 0) is 62.5 Å². The minimum atomic E-state index is -1.76. The number of hydrogen-bond acceptors (Lipinski definition) is 3. The third-order valence-electron chi connectivity index (χ3n) is 7.95. The van der Waals surface area contributed by atoms with Gasteiger partial charge in [0, 0.05) is 33.6 Å². The Kier molecular flexibility index (Phi) is 3.77. The number of aliphatic hydroxyl groups excluding tert-OH is 1. The van der Waals surface area contributed by atoms with Crippen molar-refractivity contribution in [1.82, 2.24) is 0 Å². The number of aliphatic hydroxyl groups is 1. The Labute approximate surface area is 151 Å². The molecule has 0 aromatic carbocycles. The molecule has 0 heterocycles. The Morgan fingerprint density at radius 3 is 2.64 bits per heavy atom. The van der Waals surface area contributed by atoms with Crippen LogP contribution >= 0.6 is 0 Å². The molecular weight excluding hydrogens is 339 g/mol. The van der Waals surface area contributed by atoms with Gasteiger partial charge >= 0.3 is 0 Å². The molecule has 3 fully saturated rings. The largest absolute Gasteiger partial charge is 0.390 e. The van der Waals surface area contributed by atoms with E-state index < -0.39 is 28.0 Å². The molecule has 138 valence electrons. The monoisotopic (exact) mass is 366 g/mol. The number of halogens is 1. The van der Waals surface area contributed by atoms with E-state index in [0.29, 0.717) is 19.3 Å². The van der Waals surface area contributed by atoms with Crippen molar-refractivity contribution in [1.29, 1.82) is 0 Å². The van der Waals surface area contributed by atoms with Crippen molar-refractivity contribution in [3.63, 3.8) is 0 Å². The Hall–Kier alpha value is -0.810. The summed E-state index contributed by atoms with van der Waals surface area (Å²) in [5.41, 5.74) is -2.14. The second-order valence-electron chi connectivity index (χ2n) is 8.92. The van der Waals surface area contributed by atoms with E-state index in [1.54, 1.807) is 18.4 Å². The molecule has 1 unspecified atom stereocenters. The van der Waals surface area contributed by atoms with Crippen LogP contribution in [0.1, 0.15) is 46.0 Å². The minimum Gasteiger partial charge on any atom is -0.390 e. The summed E-state index contributed by atoms with van der Waals surface area (Å²) >= 11 is 0. The SMILES string of the molecule is CS(=O)[C@H]1CC[C@H]2[C@@H]3CCC4=CC(=O)C=C[C@]4(C)[C@@]3(F)[C@@H](O)C[C@]12C. The van der Waals surface area contributed by atoms with Gasteiger partial charge in [0.2, 0.25) is 0 Å². The number of carbonyl (C=O) groups excluding carboxylic acids is 1. The van der Waals surface area contributed by atoms with Gasteiger partial charge in [0.15, 0.2) is 11.5 Å². The minimum absolute atomic E-state index is 0.0323. The van der Waals surface area contributed by atoms with Crippen molar-refractivity contribution in [3.8, 4) is 0 Å². The van der Waals surface area contributed by atoms with Crippen molar-refractivity contribution in [2.75, 3.05) is 6.26 Å². The van der Waals surface area contributed by atoms with Crippen molar-refractivity contribution >= 4 is 16.6 Å². The molecule has 8 atom stereocenters. The average Bonchev–Trinajstić information content (AvgIpc) is 2.87. The summed E-state index contributed by atoms with van der Waals surface area (Å²) in [4.78, 5) is 11.8. The lowest BCUT2D eigenvalue weighted by atomic mass is 9.46. The smallest absolute Gasteiger partial charge is 0.178 e. The molecule has 4 aliphatic carbocycles. The highest BCUT2D eigenvalue weighted by Crippen LogP contribution is 2.68. The van der Waals surface area contributed by atoms with Gasteiger partial charge in [-0.1, -0.05) is 18.6 Å². The first-order valence-corrected chi connectivity index (χ1v) is 10.9. The quantitative estimate of drug-likeness (QED) is 0.776. The molecule has 0 aromatic rings. The molecule has 3 saturated carbocycles. The first-order chi connectivity index (χ1) is 11.6. The number of carbonyl (C=O) groups is 1. The number of fused-ring (bicyclic) bond motifs is 5. The average molecular weight is 366 g/mol. The van der Waals surface area contributed by atoms with Crippen LogP contribution in [0.25, 0.3) is 0 Å². The van der Waals surface area contributed by atoms with Crippen LogP contribution < -0.4 is 0 Å². The molecule has 0 saturated heterocycles. The Balaban J connectivity index is 1.81. The van der Waals surface area contributed by atoms with E-state index in [2.05, 4.69) is 6.92 Å². The summed E-state index contributed by atoms with van der Waals surface area (Å²) in [5.74, 6) is -0.207. The molecule has 0 amide bonds. The summed E-state index contributed by atoms with van der Waals surface area (Å²) < 4.78 is 28.9. The van der Waals surface area contributed by atoms with Gasteiger partial charge in [-0.25, -0.2) is 4.39 Å². The second kappa shape index (κ2) is 5.35. The van der Waals surface area contributed by atoms with Crippen LogP contribution in [-0.2, 0) is 15.6 Å². The first kappa shape index (κ1) is 17.6. The molecule has 3 nitrogen and oxygen atoms in total. The lowest BCUT2D eigenvalue weighted by Crippen LogP contribution is -2.67. The lowest BCUT2D eigenvalue weighted by Gasteiger charge is -2.61. The number of allylic oxidation sites excluding steroid dienone is 4. The standard InChI is InChI=1S/C20H27FO3S/c1-18-11-16(23)20(21)15(14(18)6-7-17(18)25(3)24)5-4-12-10-13(22)8-9-19(12,20)2/h8-10,14-17,23H,4-7,11H2,1-3H3/t14-,15-,16-,17-,18-,19-,20-,25?/m0/s1. The van der Waals surface area contributed by atoms with E-state index in [-0.39, 0.29) is 28.3 Å². The highest BCUT2D eigenvalue weighted by Gasteiger charge is 2.70. The summed E-state index contributed by atoms with van der Waals surface area (Å²) in [6.45, 7) is 3.94. The molecule has 1 N–H and O–H groups in total. The maximum absolute atomic E-state index is 16.7. The Morgan fingerprint density at radius 1 is 1.24 bits per heavy atom. The molecule has 0 bridgehead atoms. The highest BCUT2D eigenvalue weighted by atomic mass is 32.2. The van der Waals surface area contributed by atoms with Gasteiger partial charge in [-0.2, -0.15) is 0 Å². The van der Waals surface area contributed by atoms with E-state index >= 15 is 4.39 Å². The number of alkyl halides is 1. The van der Waals surface area contributed by atoms with E-state index in [1.807, 2.05) is 6.92 Å². The van der Waals surface area contributed by atoms with Crippen molar-refractivity contribution in [3.05, 3.63) is 23.8 Å². The zero-order chi connectivity index (χ0) is 18.2. The zero-order valence-corrected chi connectivity index (χ0v) is 15.9.